The molecule has 1 aliphatic heterocycles. The van der Waals surface area contributed by atoms with Crippen molar-refractivity contribution in [3.8, 4) is 0 Å². The lowest BCUT2D eigenvalue weighted by Crippen LogP contribution is -2.46. The summed E-state index contributed by atoms with van der Waals surface area (Å²) in [5, 5.41) is 2.84. The number of rotatable bonds is 2. The van der Waals surface area contributed by atoms with Crippen LogP contribution in [0, 0.1) is 6.92 Å². The number of hydrogen-bond acceptors (Lipinski definition) is 3. The number of aromatic nitrogens is 2. The number of nitrogens with one attached hydrogen (secondary N) is 1. The summed E-state index contributed by atoms with van der Waals surface area (Å²) in [5.74, 6) is 0.376. The number of amides is 1. The van der Waals surface area contributed by atoms with Crippen LogP contribution in [0.1, 0.15) is 16.3 Å². The lowest BCUT2D eigenvalue weighted by Gasteiger charge is -2.23. The Bertz CT molecular complexity index is 359. The second-order valence-electron chi connectivity index (χ2n) is 3.48. The first kappa shape index (κ1) is 9.21. The average Bonchev–Trinajstić information content (AvgIpc) is 2.47. The molecular formula is C9H13N3O2. The fourth-order valence-corrected chi connectivity index (χ4v) is 1.70. The molecule has 5 heteroatoms. The predicted octanol–water partition coefficient (Wildman–Crippen LogP) is -0.0501. The first-order valence-corrected chi connectivity index (χ1v) is 4.54. The van der Waals surface area contributed by atoms with Crippen LogP contribution in [-0.4, -0.2) is 35.2 Å². The highest BCUT2D eigenvalue weighted by Gasteiger charge is 2.25. The summed E-state index contributed by atoms with van der Waals surface area (Å²) in [5.41, 5.74) is 0.869. The molecule has 0 unspecified atom stereocenters. The van der Waals surface area contributed by atoms with E-state index in [2.05, 4.69) is 10.3 Å². The van der Waals surface area contributed by atoms with Crippen molar-refractivity contribution in [2.45, 2.75) is 19.5 Å². The van der Waals surface area contributed by atoms with Crippen molar-refractivity contribution < 1.29 is 9.53 Å². The minimum absolute atomic E-state index is 0.0496. The highest BCUT2D eigenvalue weighted by molar-refractivity contribution is 5.91. The standard InChI is InChI=1S/C9H13N3O2/c1-6-3-12-4-7(5-14-2)11-9(13)8(12)10-6/h3,7H,4-5H2,1-2H3,(H,11,13)/t7-/m0/s1. The van der Waals surface area contributed by atoms with E-state index in [1.165, 1.54) is 0 Å². The maximum Gasteiger partial charge on any atom is 0.287 e. The van der Waals surface area contributed by atoms with Gasteiger partial charge in [0.1, 0.15) is 0 Å². The molecule has 1 aromatic rings. The van der Waals surface area contributed by atoms with Crippen LogP contribution in [0.4, 0.5) is 0 Å². The lowest BCUT2D eigenvalue weighted by molar-refractivity contribution is 0.0833. The van der Waals surface area contributed by atoms with Gasteiger partial charge in [-0.05, 0) is 6.92 Å². The normalized spacial score (nSPS) is 20.4. The second-order valence-corrected chi connectivity index (χ2v) is 3.48. The first-order valence-electron chi connectivity index (χ1n) is 4.54. The van der Waals surface area contributed by atoms with Crippen LogP contribution in [0.5, 0.6) is 0 Å². The molecule has 1 amide bonds. The summed E-state index contributed by atoms with van der Waals surface area (Å²) in [6.45, 7) is 3.14. The van der Waals surface area contributed by atoms with Gasteiger partial charge in [-0.25, -0.2) is 4.98 Å². The third kappa shape index (κ3) is 1.50. The smallest absolute Gasteiger partial charge is 0.287 e. The van der Waals surface area contributed by atoms with Crippen molar-refractivity contribution >= 4 is 5.91 Å². The Kier molecular flexibility index (Phi) is 2.25. The molecule has 2 heterocycles. The van der Waals surface area contributed by atoms with Gasteiger partial charge < -0.3 is 14.6 Å². The number of carbonyl (C=O) groups excluding carboxylic acids is 1. The van der Waals surface area contributed by atoms with Gasteiger partial charge in [0.15, 0.2) is 5.82 Å². The van der Waals surface area contributed by atoms with E-state index in [9.17, 15) is 4.79 Å². The quantitative estimate of drug-likeness (QED) is 0.719. The molecule has 0 spiro atoms. The van der Waals surface area contributed by atoms with Gasteiger partial charge in [-0.3, -0.25) is 4.79 Å². The Labute approximate surface area is 82.1 Å². The van der Waals surface area contributed by atoms with E-state index >= 15 is 0 Å². The van der Waals surface area contributed by atoms with E-state index in [1.807, 2.05) is 17.7 Å². The molecule has 2 rings (SSSR count). The van der Waals surface area contributed by atoms with E-state index in [0.717, 1.165) is 12.2 Å². The van der Waals surface area contributed by atoms with E-state index in [0.29, 0.717) is 12.4 Å². The van der Waals surface area contributed by atoms with Gasteiger partial charge in [0.25, 0.3) is 5.91 Å². The summed E-state index contributed by atoms with van der Waals surface area (Å²) in [4.78, 5) is 15.7. The number of methoxy groups -OCH3 is 1. The summed E-state index contributed by atoms with van der Waals surface area (Å²) >= 11 is 0. The van der Waals surface area contributed by atoms with Crippen LogP contribution in [0.2, 0.25) is 0 Å². The lowest BCUT2D eigenvalue weighted by atomic mass is 10.2. The number of imidazole rings is 1. The van der Waals surface area contributed by atoms with Gasteiger partial charge in [-0.15, -0.1) is 0 Å². The van der Waals surface area contributed by atoms with Crippen molar-refractivity contribution in [3.05, 3.63) is 17.7 Å². The zero-order valence-electron chi connectivity index (χ0n) is 8.28. The van der Waals surface area contributed by atoms with Gasteiger partial charge >= 0.3 is 0 Å². The number of carbonyl (C=O) groups is 1. The van der Waals surface area contributed by atoms with Crippen molar-refractivity contribution in [1.29, 1.82) is 0 Å². The Morgan fingerprint density at radius 3 is 3.29 bits per heavy atom. The molecule has 1 N–H and O–H groups in total. The van der Waals surface area contributed by atoms with Crippen molar-refractivity contribution in [2.24, 2.45) is 0 Å². The monoisotopic (exact) mass is 195 g/mol. The topological polar surface area (TPSA) is 56.2 Å². The summed E-state index contributed by atoms with van der Waals surface area (Å²) < 4.78 is 6.88. The van der Waals surface area contributed by atoms with E-state index in [1.54, 1.807) is 7.11 Å². The van der Waals surface area contributed by atoms with Gasteiger partial charge in [0.2, 0.25) is 0 Å². The van der Waals surface area contributed by atoms with Crippen molar-refractivity contribution in [1.82, 2.24) is 14.9 Å². The van der Waals surface area contributed by atoms with Crippen LogP contribution in [0.25, 0.3) is 0 Å². The summed E-state index contributed by atoms with van der Waals surface area (Å²) in [6.07, 6.45) is 1.89. The van der Waals surface area contributed by atoms with E-state index in [-0.39, 0.29) is 11.9 Å². The Hall–Kier alpha value is -1.36. The molecule has 0 bridgehead atoms. The van der Waals surface area contributed by atoms with Crippen LogP contribution in [0.15, 0.2) is 6.20 Å². The molecule has 0 aromatic carbocycles. The molecule has 0 saturated carbocycles. The predicted molar refractivity (Wildman–Crippen MR) is 50.1 cm³/mol. The molecule has 1 aliphatic rings. The number of nitrogens with zero attached hydrogens (tertiary/aromatic N) is 2. The number of ether oxygens (including phenoxy) is 1. The third-order valence-corrected chi connectivity index (χ3v) is 2.22. The number of aryl methyl sites for hydroxylation is 1. The average molecular weight is 195 g/mol. The largest absolute Gasteiger partial charge is 0.382 e. The van der Waals surface area contributed by atoms with Crippen LogP contribution < -0.4 is 5.32 Å². The highest BCUT2D eigenvalue weighted by atomic mass is 16.5. The molecule has 1 aromatic heterocycles. The second kappa shape index (κ2) is 3.42. The van der Waals surface area contributed by atoms with Crippen molar-refractivity contribution in [3.63, 3.8) is 0 Å². The molecular weight excluding hydrogens is 182 g/mol. The van der Waals surface area contributed by atoms with Crippen LogP contribution in [0.3, 0.4) is 0 Å². The van der Waals surface area contributed by atoms with Gasteiger partial charge in [0, 0.05) is 19.9 Å². The molecule has 0 radical (unpaired) electrons. The van der Waals surface area contributed by atoms with Crippen molar-refractivity contribution in [2.75, 3.05) is 13.7 Å². The fourth-order valence-electron chi connectivity index (χ4n) is 1.70. The Morgan fingerprint density at radius 1 is 1.79 bits per heavy atom. The third-order valence-electron chi connectivity index (χ3n) is 2.22. The minimum atomic E-state index is -0.119. The molecule has 0 fully saturated rings. The summed E-state index contributed by atoms with van der Waals surface area (Å²) in [6, 6.07) is 0.0496. The molecule has 1 atom stereocenters. The minimum Gasteiger partial charge on any atom is -0.382 e. The first-order chi connectivity index (χ1) is 6.70. The fraction of sp³-hybridized carbons (Fsp3) is 0.556. The maximum atomic E-state index is 11.5. The van der Waals surface area contributed by atoms with E-state index < -0.39 is 0 Å². The molecule has 0 saturated heterocycles. The number of fused-ring (bicyclic) bond motifs is 1. The SMILES string of the molecule is COC[C@@H]1Cn2cc(C)nc2C(=O)N1. The van der Waals surface area contributed by atoms with Crippen LogP contribution >= 0.6 is 0 Å². The van der Waals surface area contributed by atoms with Gasteiger partial charge in [-0.2, -0.15) is 0 Å². The zero-order chi connectivity index (χ0) is 10.1. The van der Waals surface area contributed by atoms with Crippen LogP contribution in [-0.2, 0) is 11.3 Å². The highest BCUT2D eigenvalue weighted by Crippen LogP contribution is 2.09. The molecule has 76 valence electrons. The molecule has 14 heavy (non-hydrogen) atoms. The molecule has 5 nitrogen and oxygen atoms in total. The maximum absolute atomic E-state index is 11.5. The van der Waals surface area contributed by atoms with Gasteiger partial charge in [-0.1, -0.05) is 0 Å². The Balaban J connectivity index is 2.24. The Morgan fingerprint density at radius 2 is 2.57 bits per heavy atom. The summed E-state index contributed by atoms with van der Waals surface area (Å²) in [7, 11) is 1.63. The van der Waals surface area contributed by atoms with E-state index in [4.69, 9.17) is 4.74 Å². The zero-order valence-corrected chi connectivity index (χ0v) is 8.28. The van der Waals surface area contributed by atoms with Gasteiger partial charge in [0.05, 0.1) is 18.3 Å². The number of hydrogen-bond donors (Lipinski definition) is 1. The molecule has 0 aliphatic carbocycles.